The van der Waals surface area contributed by atoms with E-state index in [1.54, 1.807) is 11.0 Å². The zero-order chi connectivity index (χ0) is 21.6. The van der Waals surface area contributed by atoms with Gasteiger partial charge in [0.1, 0.15) is 0 Å². The van der Waals surface area contributed by atoms with Crippen molar-refractivity contribution >= 4 is 29.4 Å². The molecule has 10 nitrogen and oxygen atoms in total. The Morgan fingerprint density at radius 3 is 2.68 bits per heavy atom. The van der Waals surface area contributed by atoms with E-state index in [0.29, 0.717) is 31.9 Å². The highest BCUT2D eigenvalue weighted by atomic mass is 19.1. The van der Waals surface area contributed by atoms with Crippen LogP contribution in [0.3, 0.4) is 0 Å². The molecule has 1 aromatic carbocycles. The molecule has 2 aliphatic heterocycles. The molecule has 4 rings (SSSR count). The van der Waals surface area contributed by atoms with Gasteiger partial charge in [-0.1, -0.05) is 0 Å². The first-order valence-corrected chi connectivity index (χ1v) is 10.3. The molecule has 1 N–H and O–H groups in total. The van der Waals surface area contributed by atoms with Crippen molar-refractivity contribution in [3.63, 3.8) is 0 Å². The van der Waals surface area contributed by atoms with E-state index in [1.807, 2.05) is 0 Å². The second-order valence-corrected chi connectivity index (χ2v) is 7.38. The molecule has 2 aromatic rings. The van der Waals surface area contributed by atoms with Crippen molar-refractivity contribution < 1.29 is 14.1 Å². The lowest BCUT2D eigenvalue weighted by Crippen LogP contribution is -2.37. The van der Waals surface area contributed by atoms with Crippen LogP contribution in [0, 0.1) is 15.9 Å². The van der Waals surface area contributed by atoms with Crippen molar-refractivity contribution in [3.05, 3.63) is 45.9 Å². The summed E-state index contributed by atoms with van der Waals surface area (Å²) in [5, 5.41) is 15.4. The van der Waals surface area contributed by atoms with Gasteiger partial charge in [0.25, 0.3) is 5.69 Å². The SMILES string of the molecule is O=[N+]([O-])c1ccc(N2CCCCC2)c(/C=N\Nc2ncc(F)c(N3CCOCC3)n2)c1. The third-order valence-corrected chi connectivity index (χ3v) is 5.32. The molecule has 0 atom stereocenters. The van der Waals surface area contributed by atoms with E-state index in [0.717, 1.165) is 37.8 Å². The maximum atomic E-state index is 14.2. The minimum absolute atomic E-state index is 0.00477. The molecule has 0 radical (unpaired) electrons. The number of non-ortho nitro benzene ring substituents is 1. The molecule has 2 fully saturated rings. The highest BCUT2D eigenvalue weighted by Crippen LogP contribution is 2.27. The molecule has 0 spiro atoms. The van der Waals surface area contributed by atoms with Gasteiger partial charge in [-0.25, -0.2) is 14.8 Å². The van der Waals surface area contributed by atoms with Crippen LogP contribution in [0.25, 0.3) is 0 Å². The van der Waals surface area contributed by atoms with Crippen LogP contribution in [0.5, 0.6) is 0 Å². The summed E-state index contributed by atoms with van der Waals surface area (Å²) < 4.78 is 19.5. The number of nitro groups is 1. The van der Waals surface area contributed by atoms with Gasteiger partial charge in [0.05, 0.1) is 30.5 Å². The van der Waals surface area contributed by atoms with E-state index in [1.165, 1.54) is 24.8 Å². The van der Waals surface area contributed by atoms with E-state index in [-0.39, 0.29) is 17.5 Å². The molecule has 0 aliphatic carbocycles. The minimum atomic E-state index is -0.512. The van der Waals surface area contributed by atoms with Crippen molar-refractivity contribution in [2.75, 3.05) is 54.6 Å². The second kappa shape index (κ2) is 9.65. The number of hydrogen-bond acceptors (Lipinski definition) is 9. The number of benzene rings is 1. The van der Waals surface area contributed by atoms with Gasteiger partial charge >= 0.3 is 0 Å². The standard InChI is InChI=1S/C20H24FN7O3/c21-17-14-22-20(24-19(17)27-8-10-31-11-9-27)25-23-13-15-12-16(28(29)30)4-5-18(15)26-6-2-1-3-7-26/h4-5,12-14H,1-3,6-11H2,(H,22,24,25)/b23-13-. The zero-order valence-corrected chi connectivity index (χ0v) is 17.0. The Balaban J connectivity index is 1.54. The van der Waals surface area contributed by atoms with Crippen molar-refractivity contribution in [1.82, 2.24) is 9.97 Å². The minimum Gasteiger partial charge on any atom is -0.378 e. The summed E-state index contributed by atoms with van der Waals surface area (Å²) in [7, 11) is 0. The van der Waals surface area contributed by atoms with Crippen molar-refractivity contribution in [2.24, 2.45) is 5.10 Å². The van der Waals surface area contributed by atoms with Crippen molar-refractivity contribution in [1.29, 1.82) is 0 Å². The van der Waals surface area contributed by atoms with Gasteiger partial charge in [0.2, 0.25) is 5.95 Å². The van der Waals surface area contributed by atoms with Crippen LogP contribution in [0.4, 0.5) is 27.5 Å². The van der Waals surface area contributed by atoms with E-state index >= 15 is 0 Å². The van der Waals surface area contributed by atoms with Crippen LogP contribution in [0.1, 0.15) is 24.8 Å². The topological polar surface area (TPSA) is 109 Å². The Morgan fingerprint density at radius 1 is 1.16 bits per heavy atom. The Hall–Kier alpha value is -3.34. The fraction of sp³-hybridized carbons (Fsp3) is 0.450. The van der Waals surface area contributed by atoms with E-state index in [2.05, 4.69) is 25.4 Å². The number of morpholine rings is 1. The summed E-state index contributed by atoms with van der Waals surface area (Å²) in [5.74, 6) is -0.174. The smallest absolute Gasteiger partial charge is 0.270 e. The van der Waals surface area contributed by atoms with Gasteiger partial charge < -0.3 is 14.5 Å². The highest BCUT2D eigenvalue weighted by molar-refractivity contribution is 5.89. The molecule has 11 heteroatoms. The van der Waals surface area contributed by atoms with Crippen molar-refractivity contribution in [2.45, 2.75) is 19.3 Å². The highest BCUT2D eigenvalue weighted by Gasteiger charge is 2.19. The molecule has 3 heterocycles. The summed E-state index contributed by atoms with van der Waals surface area (Å²) in [6.45, 7) is 3.91. The van der Waals surface area contributed by atoms with Crippen LogP contribution in [-0.4, -0.2) is 60.5 Å². The fourth-order valence-corrected chi connectivity index (χ4v) is 3.75. The number of nitro benzene ring substituents is 1. The van der Waals surface area contributed by atoms with Crippen LogP contribution in [0.15, 0.2) is 29.5 Å². The molecular weight excluding hydrogens is 405 g/mol. The van der Waals surface area contributed by atoms with Gasteiger partial charge in [0, 0.05) is 49.6 Å². The first kappa shape index (κ1) is 20.9. The van der Waals surface area contributed by atoms with E-state index in [4.69, 9.17) is 4.74 Å². The summed E-state index contributed by atoms with van der Waals surface area (Å²) >= 11 is 0. The van der Waals surface area contributed by atoms with Gasteiger partial charge in [-0.05, 0) is 25.3 Å². The van der Waals surface area contributed by atoms with Crippen LogP contribution >= 0.6 is 0 Å². The third-order valence-electron chi connectivity index (χ3n) is 5.32. The third kappa shape index (κ3) is 5.05. The average molecular weight is 429 g/mol. The number of halogens is 1. The summed E-state index contributed by atoms with van der Waals surface area (Å²) in [6.07, 6.45) is 5.96. The fourth-order valence-electron chi connectivity index (χ4n) is 3.75. The molecule has 2 aliphatic rings. The number of anilines is 3. The molecular formula is C20H24FN7O3. The molecule has 31 heavy (non-hydrogen) atoms. The second-order valence-electron chi connectivity index (χ2n) is 7.38. The van der Waals surface area contributed by atoms with Gasteiger partial charge in [-0.15, -0.1) is 0 Å². The van der Waals surface area contributed by atoms with Crippen LogP contribution in [0.2, 0.25) is 0 Å². The van der Waals surface area contributed by atoms with Gasteiger partial charge in [-0.3, -0.25) is 10.1 Å². The molecule has 164 valence electrons. The molecule has 2 saturated heterocycles. The summed E-state index contributed by atoms with van der Waals surface area (Å²) in [4.78, 5) is 23.0. The lowest BCUT2D eigenvalue weighted by atomic mass is 10.1. The number of piperidine rings is 1. The van der Waals surface area contributed by atoms with Gasteiger partial charge in [-0.2, -0.15) is 10.1 Å². The Labute approximate surface area is 178 Å². The lowest BCUT2D eigenvalue weighted by Gasteiger charge is -2.29. The maximum Gasteiger partial charge on any atom is 0.270 e. The predicted octanol–water partition coefficient (Wildman–Crippen LogP) is 2.80. The number of aromatic nitrogens is 2. The Kier molecular flexibility index (Phi) is 6.51. The normalized spacial score (nSPS) is 17.2. The largest absolute Gasteiger partial charge is 0.378 e. The monoisotopic (exact) mass is 429 g/mol. The molecule has 0 bridgehead atoms. The number of nitrogens with one attached hydrogen (secondary N) is 1. The quantitative estimate of drug-likeness (QED) is 0.424. The first-order chi connectivity index (χ1) is 15.1. The van der Waals surface area contributed by atoms with Crippen LogP contribution < -0.4 is 15.2 Å². The van der Waals surface area contributed by atoms with Crippen molar-refractivity contribution in [3.8, 4) is 0 Å². The lowest BCUT2D eigenvalue weighted by molar-refractivity contribution is -0.384. The van der Waals surface area contributed by atoms with E-state index in [9.17, 15) is 14.5 Å². The molecule has 0 amide bonds. The average Bonchev–Trinajstić information content (AvgIpc) is 2.81. The molecule has 0 unspecified atom stereocenters. The van der Waals surface area contributed by atoms with E-state index < -0.39 is 10.7 Å². The zero-order valence-electron chi connectivity index (χ0n) is 17.0. The number of nitrogens with zero attached hydrogens (tertiary/aromatic N) is 6. The number of rotatable bonds is 6. The Morgan fingerprint density at radius 2 is 1.94 bits per heavy atom. The molecule has 1 aromatic heterocycles. The summed E-state index contributed by atoms with van der Waals surface area (Å²) in [5.41, 5.74) is 4.23. The Bertz CT molecular complexity index is 960. The molecule has 0 saturated carbocycles. The number of hydrogen-bond donors (Lipinski definition) is 1. The van der Waals surface area contributed by atoms with Crippen LogP contribution in [-0.2, 0) is 4.74 Å². The summed E-state index contributed by atoms with van der Waals surface area (Å²) in [6, 6.07) is 4.77. The maximum absolute atomic E-state index is 14.2. The number of ether oxygens (including phenoxy) is 1. The first-order valence-electron chi connectivity index (χ1n) is 10.3. The predicted molar refractivity (Wildman–Crippen MR) is 115 cm³/mol. The number of hydrazone groups is 1. The van der Waals surface area contributed by atoms with Gasteiger partial charge in [0.15, 0.2) is 11.6 Å².